The molecule has 1 amide bonds. The lowest BCUT2D eigenvalue weighted by atomic mass is 9.93. The van der Waals surface area contributed by atoms with E-state index in [9.17, 15) is 9.90 Å². The number of halogens is 1. The molecule has 9 heteroatoms. The lowest BCUT2D eigenvalue weighted by Crippen LogP contribution is -2.53. The SMILES string of the molecule is O=C(Nc1cc2cc(N3CCN([C@@H]4COC[C@@H]4O)CC3)c(Cl)cc2cn1)[C@@H]1CC12CCOCC2. The molecule has 4 fully saturated rings. The van der Waals surface area contributed by atoms with Crippen molar-refractivity contribution in [2.45, 2.75) is 31.4 Å². The maximum Gasteiger partial charge on any atom is 0.229 e. The summed E-state index contributed by atoms with van der Waals surface area (Å²) in [6.45, 7) is 5.89. The van der Waals surface area contributed by atoms with Crippen molar-refractivity contribution in [1.29, 1.82) is 0 Å². The number of nitrogens with zero attached hydrogens (tertiary/aromatic N) is 3. The lowest BCUT2D eigenvalue weighted by molar-refractivity contribution is -0.118. The van der Waals surface area contributed by atoms with E-state index in [1.54, 1.807) is 6.20 Å². The van der Waals surface area contributed by atoms with Gasteiger partial charge in [0.1, 0.15) is 5.82 Å². The Bertz CT molecular complexity index is 1080. The van der Waals surface area contributed by atoms with E-state index in [4.69, 9.17) is 21.1 Å². The second kappa shape index (κ2) is 8.91. The fraction of sp³-hybridized carbons (Fsp3) is 0.600. The van der Waals surface area contributed by atoms with Gasteiger partial charge in [-0.1, -0.05) is 11.6 Å². The van der Waals surface area contributed by atoms with Gasteiger partial charge in [-0.25, -0.2) is 4.98 Å². The van der Waals surface area contributed by atoms with Crippen molar-refractivity contribution in [3.63, 3.8) is 0 Å². The molecule has 1 aliphatic carbocycles. The van der Waals surface area contributed by atoms with Crippen molar-refractivity contribution in [3.8, 4) is 0 Å². The third kappa shape index (κ3) is 4.16. The highest BCUT2D eigenvalue weighted by Crippen LogP contribution is 2.59. The van der Waals surface area contributed by atoms with Crippen LogP contribution in [0.15, 0.2) is 24.4 Å². The van der Waals surface area contributed by atoms with Gasteiger partial charge in [0.05, 0.1) is 36.1 Å². The van der Waals surface area contributed by atoms with Crippen LogP contribution in [-0.2, 0) is 14.3 Å². The van der Waals surface area contributed by atoms with Gasteiger partial charge in [-0.3, -0.25) is 9.69 Å². The summed E-state index contributed by atoms with van der Waals surface area (Å²) in [6, 6.07) is 6.06. The number of piperazine rings is 1. The fourth-order valence-corrected chi connectivity index (χ4v) is 6.19. The molecule has 1 saturated carbocycles. The van der Waals surface area contributed by atoms with E-state index in [0.29, 0.717) is 24.1 Å². The number of ether oxygens (including phenoxy) is 2. The molecule has 0 bridgehead atoms. The van der Waals surface area contributed by atoms with E-state index in [1.165, 1.54) is 0 Å². The summed E-state index contributed by atoms with van der Waals surface area (Å²) in [5.74, 6) is 0.715. The highest BCUT2D eigenvalue weighted by molar-refractivity contribution is 6.34. The van der Waals surface area contributed by atoms with E-state index >= 15 is 0 Å². The number of carbonyl (C=O) groups excluding carboxylic acids is 1. The number of benzene rings is 1. The second-order valence-electron chi connectivity index (χ2n) is 10.1. The summed E-state index contributed by atoms with van der Waals surface area (Å²) in [4.78, 5) is 21.9. The van der Waals surface area contributed by atoms with Crippen molar-refractivity contribution in [2.75, 3.05) is 62.8 Å². The zero-order chi connectivity index (χ0) is 23.3. The minimum Gasteiger partial charge on any atom is -0.389 e. The molecule has 2 N–H and O–H groups in total. The number of aliphatic hydroxyl groups excluding tert-OH is 1. The van der Waals surface area contributed by atoms with Gasteiger partial charge in [-0.15, -0.1) is 0 Å². The molecule has 3 aliphatic heterocycles. The minimum absolute atomic E-state index is 0.0646. The van der Waals surface area contributed by atoms with Crippen LogP contribution in [0.25, 0.3) is 10.8 Å². The van der Waals surface area contributed by atoms with Crippen LogP contribution >= 0.6 is 11.6 Å². The van der Waals surface area contributed by atoms with E-state index in [1.807, 2.05) is 12.1 Å². The molecule has 182 valence electrons. The summed E-state index contributed by atoms with van der Waals surface area (Å²) in [7, 11) is 0. The molecule has 0 radical (unpaired) electrons. The lowest BCUT2D eigenvalue weighted by Gasteiger charge is -2.39. The van der Waals surface area contributed by atoms with Crippen molar-refractivity contribution >= 4 is 39.8 Å². The van der Waals surface area contributed by atoms with Gasteiger partial charge >= 0.3 is 0 Å². The highest BCUT2D eigenvalue weighted by atomic mass is 35.5. The molecule has 4 heterocycles. The Kier molecular flexibility index (Phi) is 5.90. The summed E-state index contributed by atoms with van der Waals surface area (Å²) in [6.07, 6.45) is 4.26. The standard InChI is InChI=1S/C25H31ClN4O4/c26-19-9-17-13-27-23(28-24(32)18-12-25(18)1-7-33-8-2-25)11-16(17)10-20(19)29-3-5-30(6-4-29)21-14-34-15-22(21)31/h9-11,13,18,21-22,31H,1-8,12,14-15H2,(H,27,28,32)/t18-,21+,22-/m0/s1. The van der Waals surface area contributed by atoms with Crippen molar-refractivity contribution in [1.82, 2.24) is 9.88 Å². The highest BCUT2D eigenvalue weighted by Gasteiger charge is 2.58. The van der Waals surface area contributed by atoms with E-state index < -0.39 is 6.10 Å². The number of carbonyl (C=O) groups is 1. The Morgan fingerprint density at radius 3 is 2.62 bits per heavy atom. The van der Waals surface area contributed by atoms with Crippen LogP contribution in [0.3, 0.4) is 0 Å². The first-order valence-electron chi connectivity index (χ1n) is 12.3. The third-order valence-corrected chi connectivity index (χ3v) is 8.48. The number of rotatable bonds is 4. The molecule has 34 heavy (non-hydrogen) atoms. The zero-order valence-corrected chi connectivity index (χ0v) is 20.0. The van der Waals surface area contributed by atoms with Gasteiger partial charge in [-0.2, -0.15) is 0 Å². The smallest absolute Gasteiger partial charge is 0.229 e. The molecular formula is C25H31ClN4O4. The van der Waals surface area contributed by atoms with Crippen molar-refractivity contribution < 1.29 is 19.4 Å². The van der Waals surface area contributed by atoms with Crippen LogP contribution in [-0.4, -0.2) is 85.6 Å². The number of amides is 1. The van der Waals surface area contributed by atoms with E-state index in [-0.39, 0.29) is 23.3 Å². The molecular weight excluding hydrogens is 456 g/mol. The van der Waals surface area contributed by atoms with Gasteiger partial charge in [0.25, 0.3) is 0 Å². The number of hydrogen-bond donors (Lipinski definition) is 2. The van der Waals surface area contributed by atoms with Gasteiger partial charge in [0.15, 0.2) is 0 Å². The largest absolute Gasteiger partial charge is 0.389 e. The predicted molar refractivity (Wildman–Crippen MR) is 130 cm³/mol. The fourth-order valence-electron chi connectivity index (χ4n) is 5.90. The van der Waals surface area contributed by atoms with Crippen LogP contribution in [0.5, 0.6) is 0 Å². The Morgan fingerprint density at radius 2 is 1.88 bits per heavy atom. The molecule has 3 atom stereocenters. The van der Waals surface area contributed by atoms with Gasteiger partial charge in [0.2, 0.25) is 5.91 Å². The third-order valence-electron chi connectivity index (χ3n) is 8.18. The van der Waals surface area contributed by atoms with Gasteiger partial charge < -0.3 is 24.8 Å². The Morgan fingerprint density at radius 1 is 1.09 bits per heavy atom. The summed E-state index contributed by atoms with van der Waals surface area (Å²) in [5.41, 5.74) is 1.13. The molecule has 6 rings (SSSR count). The number of aliphatic hydroxyl groups is 1. The number of anilines is 2. The minimum atomic E-state index is -0.408. The molecule has 8 nitrogen and oxygen atoms in total. The number of pyridine rings is 1. The number of aromatic nitrogens is 1. The first-order valence-corrected chi connectivity index (χ1v) is 12.6. The molecule has 0 unspecified atom stereocenters. The number of fused-ring (bicyclic) bond motifs is 1. The Labute approximate surface area is 204 Å². The Hall–Kier alpha value is -1.97. The average molecular weight is 487 g/mol. The molecule has 2 aromatic rings. The van der Waals surface area contributed by atoms with Crippen LogP contribution < -0.4 is 10.2 Å². The first-order chi connectivity index (χ1) is 16.5. The average Bonchev–Trinajstić information content (AvgIpc) is 3.36. The maximum absolute atomic E-state index is 12.9. The maximum atomic E-state index is 12.9. The van der Waals surface area contributed by atoms with Crippen LogP contribution in [0.2, 0.25) is 5.02 Å². The molecule has 4 aliphatic rings. The Balaban J connectivity index is 1.15. The van der Waals surface area contributed by atoms with Gasteiger partial charge in [-0.05, 0) is 48.3 Å². The van der Waals surface area contributed by atoms with E-state index in [2.05, 4.69) is 26.2 Å². The summed E-state index contributed by atoms with van der Waals surface area (Å²) in [5, 5.41) is 15.8. The normalized spacial score (nSPS) is 29.0. The summed E-state index contributed by atoms with van der Waals surface area (Å²) >= 11 is 6.66. The second-order valence-corrected chi connectivity index (χ2v) is 10.5. The predicted octanol–water partition coefficient (Wildman–Crippen LogP) is 2.53. The monoisotopic (exact) mass is 486 g/mol. The molecule has 1 aromatic carbocycles. The van der Waals surface area contributed by atoms with Gasteiger partial charge in [0, 0.05) is 56.9 Å². The van der Waals surface area contributed by atoms with Crippen molar-refractivity contribution in [2.24, 2.45) is 11.3 Å². The first kappa shape index (κ1) is 22.5. The number of nitrogens with one attached hydrogen (secondary N) is 1. The quantitative estimate of drug-likeness (QED) is 0.686. The van der Waals surface area contributed by atoms with Crippen LogP contribution in [0, 0.1) is 11.3 Å². The molecule has 1 aromatic heterocycles. The zero-order valence-electron chi connectivity index (χ0n) is 19.2. The van der Waals surface area contributed by atoms with Crippen LogP contribution in [0.1, 0.15) is 19.3 Å². The summed E-state index contributed by atoms with van der Waals surface area (Å²) < 4.78 is 10.9. The topological polar surface area (TPSA) is 87.2 Å². The van der Waals surface area contributed by atoms with E-state index in [0.717, 1.165) is 75.1 Å². The molecule has 1 spiro atoms. The molecule has 3 saturated heterocycles. The van der Waals surface area contributed by atoms with Crippen molar-refractivity contribution in [3.05, 3.63) is 29.4 Å². The van der Waals surface area contributed by atoms with Crippen LogP contribution in [0.4, 0.5) is 11.5 Å². The number of hydrogen-bond acceptors (Lipinski definition) is 7.